The minimum atomic E-state index is -1.05. The number of likely N-dealkylation sites (N-methyl/N-ethyl adjacent to an activating group) is 1. The fourth-order valence-corrected chi connectivity index (χ4v) is 3.93. The van der Waals surface area contributed by atoms with Crippen LogP contribution in [0.25, 0.3) is 0 Å². The number of likely N-dealkylation sites (tertiary alicyclic amines) is 1. The first-order valence-electron chi connectivity index (χ1n) is 8.12. The predicted molar refractivity (Wildman–Crippen MR) is 95.0 cm³/mol. The van der Waals surface area contributed by atoms with E-state index in [0.29, 0.717) is 31.9 Å². The number of nitrogens with zero attached hydrogens (tertiary/aromatic N) is 4. The van der Waals surface area contributed by atoms with Crippen LogP contribution in [0.2, 0.25) is 0 Å². The van der Waals surface area contributed by atoms with E-state index >= 15 is 0 Å². The van der Waals surface area contributed by atoms with Gasteiger partial charge in [0, 0.05) is 37.6 Å². The Kier molecular flexibility index (Phi) is 5.29. The summed E-state index contributed by atoms with van der Waals surface area (Å²) in [5.41, 5.74) is 2.82. The number of anilines is 1. The Labute approximate surface area is 149 Å². The average molecular weight is 364 g/mol. The molecule has 0 unspecified atom stereocenters. The summed E-state index contributed by atoms with van der Waals surface area (Å²) in [6.45, 7) is 3.67. The lowest BCUT2D eigenvalue weighted by Gasteiger charge is -2.28. The Balaban J connectivity index is 1.70. The second-order valence-electron chi connectivity index (χ2n) is 6.34. The topological polar surface area (TPSA) is 69.6 Å². The fourth-order valence-electron chi connectivity index (χ4n) is 3.13. The summed E-state index contributed by atoms with van der Waals surface area (Å²) < 4.78 is 14.0. The molecule has 2 atom stereocenters. The number of carboxylic acids is 1. The largest absolute Gasteiger partial charge is 0.477 e. The van der Waals surface area contributed by atoms with Crippen LogP contribution in [-0.2, 0) is 6.54 Å². The summed E-state index contributed by atoms with van der Waals surface area (Å²) in [4.78, 5) is 24.7. The molecule has 0 aromatic carbocycles. The molecule has 1 aliphatic rings. The number of aryl methyl sites for hydroxylation is 1. The normalized spacial score (nSPS) is 20.8. The van der Waals surface area contributed by atoms with E-state index in [0.717, 1.165) is 10.6 Å². The number of alkyl halides is 1. The molecule has 3 rings (SSSR count). The van der Waals surface area contributed by atoms with Crippen molar-refractivity contribution in [1.29, 1.82) is 0 Å². The van der Waals surface area contributed by atoms with Crippen LogP contribution in [0.4, 0.5) is 10.2 Å². The van der Waals surface area contributed by atoms with Crippen LogP contribution >= 0.6 is 11.3 Å². The highest BCUT2D eigenvalue weighted by Gasteiger charge is 2.33. The van der Waals surface area contributed by atoms with E-state index in [2.05, 4.69) is 14.9 Å². The maximum atomic E-state index is 14.0. The van der Waals surface area contributed by atoms with E-state index in [4.69, 9.17) is 5.11 Å². The monoisotopic (exact) mass is 364 g/mol. The molecule has 1 saturated heterocycles. The van der Waals surface area contributed by atoms with Gasteiger partial charge in [0.25, 0.3) is 0 Å². The van der Waals surface area contributed by atoms with Crippen LogP contribution < -0.4 is 4.90 Å². The minimum absolute atomic E-state index is 0.0104. The van der Waals surface area contributed by atoms with Crippen molar-refractivity contribution in [3.63, 3.8) is 0 Å². The van der Waals surface area contributed by atoms with Gasteiger partial charge in [0.2, 0.25) is 0 Å². The smallest absolute Gasteiger partial charge is 0.354 e. The first-order chi connectivity index (χ1) is 11.9. The molecule has 1 fully saturated rings. The van der Waals surface area contributed by atoms with Gasteiger partial charge in [-0.25, -0.2) is 19.2 Å². The number of hydrogen-bond acceptors (Lipinski definition) is 6. The van der Waals surface area contributed by atoms with Gasteiger partial charge in [0.1, 0.15) is 12.0 Å². The Hall–Kier alpha value is -2.06. The van der Waals surface area contributed by atoms with E-state index in [1.54, 1.807) is 23.5 Å². The molecule has 0 saturated carbocycles. The Morgan fingerprint density at radius 3 is 3.00 bits per heavy atom. The highest BCUT2D eigenvalue weighted by Crippen LogP contribution is 2.26. The molecule has 3 heterocycles. The Morgan fingerprint density at radius 2 is 2.32 bits per heavy atom. The van der Waals surface area contributed by atoms with Crippen LogP contribution in [0.15, 0.2) is 23.7 Å². The van der Waals surface area contributed by atoms with Gasteiger partial charge in [0.05, 0.1) is 11.2 Å². The lowest BCUT2D eigenvalue weighted by molar-refractivity contribution is 0.0690. The van der Waals surface area contributed by atoms with Crippen LogP contribution in [0.5, 0.6) is 0 Å². The Bertz CT molecular complexity index is 754. The summed E-state index contributed by atoms with van der Waals surface area (Å²) in [6.07, 6.45) is -0.370. The average Bonchev–Trinajstić information content (AvgIpc) is 3.13. The molecule has 0 spiro atoms. The van der Waals surface area contributed by atoms with Gasteiger partial charge in [-0.3, -0.25) is 4.90 Å². The lowest BCUT2D eigenvalue weighted by atomic mass is 10.2. The molecule has 1 N–H and O–H groups in total. The van der Waals surface area contributed by atoms with Crippen molar-refractivity contribution in [2.75, 3.05) is 25.0 Å². The summed E-state index contributed by atoms with van der Waals surface area (Å²) in [5.74, 6) is -0.474. The predicted octanol–water partition coefficient (Wildman–Crippen LogP) is 2.59. The van der Waals surface area contributed by atoms with Gasteiger partial charge in [-0.1, -0.05) is 6.07 Å². The van der Waals surface area contributed by atoms with Crippen molar-refractivity contribution in [2.45, 2.75) is 32.1 Å². The molecule has 6 nitrogen and oxygen atoms in total. The first-order valence-corrected chi connectivity index (χ1v) is 9.00. The molecular weight excluding hydrogens is 343 g/mol. The Morgan fingerprint density at radius 1 is 1.52 bits per heavy atom. The number of carboxylic acid groups (broad SMARTS) is 1. The lowest BCUT2D eigenvalue weighted by Crippen LogP contribution is -2.38. The van der Waals surface area contributed by atoms with Crippen molar-refractivity contribution < 1.29 is 14.3 Å². The number of aromatic nitrogens is 2. The number of aromatic carboxylic acids is 1. The van der Waals surface area contributed by atoms with Crippen LogP contribution in [0, 0.1) is 6.92 Å². The third-order valence-electron chi connectivity index (χ3n) is 4.50. The number of hydrogen-bond donors (Lipinski definition) is 1. The molecule has 25 heavy (non-hydrogen) atoms. The van der Waals surface area contributed by atoms with Crippen LogP contribution in [0.1, 0.15) is 27.5 Å². The molecule has 0 aliphatic carbocycles. The first kappa shape index (κ1) is 17.8. The van der Waals surface area contributed by atoms with E-state index in [-0.39, 0.29) is 11.7 Å². The zero-order valence-electron chi connectivity index (χ0n) is 14.2. The fraction of sp³-hybridized carbons (Fsp3) is 0.471. The van der Waals surface area contributed by atoms with Gasteiger partial charge in [-0.2, -0.15) is 0 Å². The zero-order chi connectivity index (χ0) is 18.0. The van der Waals surface area contributed by atoms with Gasteiger partial charge in [-0.15, -0.1) is 11.3 Å². The molecule has 1 aliphatic heterocycles. The number of thiazole rings is 1. The number of pyridine rings is 1. The van der Waals surface area contributed by atoms with E-state index in [1.165, 1.54) is 6.07 Å². The van der Waals surface area contributed by atoms with Gasteiger partial charge in [-0.05, 0) is 25.5 Å². The minimum Gasteiger partial charge on any atom is -0.477 e. The molecule has 0 amide bonds. The number of carbonyl (C=O) groups is 1. The van der Waals surface area contributed by atoms with Gasteiger partial charge >= 0.3 is 5.97 Å². The van der Waals surface area contributed by atoms with Crippen molar-refractivity contribution in [3.05, 3.63) is 40.0 Å². The standard InChI is InChI=1S/C17H21FN4O2S/c1-11-15(25-10-19-11)9-22-7-12(18)6-13(22)8-21(2)16-5-3-4-14(20-16)17(23)24/h3-5,10,12-13H,6-9H2,1-2H3,(H,23,24)/t12-,13-/m0/s1. The highest BCUT2D eigenvalue weighted by atomic mass is 32.1. The quantitative estimate of drug-likeness (QED) is 0.850. The van der Waals surface area contributed by atoms with E-state index < -0.39 is 12.1 Å². The molecule has 134 valence electrons. The molecule has 0 bridgehead atoms. The molecule has 8 heteroatoms. The molecule has 2 aromatic heterocycles. The van der Waals surface area contributed by atoms with E-state index in [9.17, 15) is 9.18 Å². The van der Waals surface area contributed by atoms with Crippen molar-refractivity contribution in [1.82, 2.24) is 14.9 Å². The number of rotatable bonds is 6. The van der Waals surface area contributed by atoms with Gasteiger partial charge < -0.3 is 10.0 Å². The molecule has 2 aromatic rings. The highest BCUT2D eigenvalue weighted by molar-refractivity contribution is 7.09. The second-order valence-corrected chi connectivity index (χ2v) is 7.28. The zero-order valence-corrected chi connectivity index (χ0v) is 15.0. The third-order valence-corrected chi connectivity index (χ3v) is 5.42. The summed E-state index contributed by atoms with van der Waals surface area (Å²) in [6, 6.07) is 4.96. The maximum absolute atomic E-state index is 14.0. The SMILES string of the molecule is Cc1ncsc1CN1C[C@@H](F)C[C@H]1CN(C)c1cccc(C(=O)O)n1. The van der Waals surface area contributed by atoms with E-state index in [1.807, 2.05) is 24.4 Å². The third kappa shape index (κ3) is 4.13. The summed E-state index contributed by atoms with van der Waals surface area (Å²) in [7, 11) is 1.86. The number of halogens is 1. The van der Waals surface area contributed by atoms with Crippen LogP contribution in [-0.4, -0.2) is 58.3 Å². The van der Waals surface area contributed by atoms with Crippen molar-refractivity contribution in [2.24, 2.45) is 0 Å². The summed E-state index contributed by atoms with van der Waals surface area (Å²) >= 11 is 1.59. The van der Waals surface area contributed by atoms with Crippen LogP contribution in [0.3, 0.4) is 0 Å². The van der Waals surface area contributed by atoms with Crippen molar-refractivity contribution >= 4 is 23.1 Å². The summed E-state index contributed by atoms with van der Waals surface area (Å²) in [5, 5.41) is 9.08. The maximum Gasteiger partial charge on any atom is 0.354 e. The molecular formula is C17H21FN4O2S. The van der Waals surface area contributed by atoms with Gasteiger partial charge in [0.15, 0.2) is 5.69 Å². The second kappa shape index (κ2) is 7.45. The van der Waals surface area contributed by atoms with Crippen molar-refractivity contribution in [3.8, 4) is 0 Å². The molecule has 0 radical (unpaired) electrons.